The molecule has 3 aromatic carbocycles. The van der Waals surface area contributed by atoms with Gasteiger partial charge in [-0.2, -0.15) is 0 Å². The lowest BCUT2D eigenvalue weighted by Crippen LogP contribution is -2.17. The minimum Gasteiger partial charge on any atom is -0.495 e. The summed E-state index contributed by atoms with van der Waals surface area (Å²) in [6.07, 6.45) is 0. The molecule has 182 valence electrons. The van der Waals surface area contributed by atoms with Gasteiger partial charge in [-0.25, -0.2) is 17.4 Å². The molecule has 1 heterocycles. The number of methoxy groups -OCH3 is 2. The zero-order chi connectivity index (χ0) is 25.2. The molecule has 0 aliphatic rings. The first-order chi connectivity index (χ1) is 16.7. The number of imidazole rings is 1. The third kappa shape index (κ3) is 5.20. The minimum absolute atomic E-state index is 0.0500. The van der Waals surface area contributed by atoms with Crippen molar-refractivity contribution in [1.29, 1.82) is 0 Å². The molecular formula is C23H19Cl2N3O5S2. The van der Waals surface area contributed by atoms with Gasteiger partial charge >= 0.3 is 0 Å². The summed E-state index contributed by atoms with van der Waals surface area (Å²) in [5.74, 6) is 0.239. The summed E-state index contributed by atoms with van der Waals surface area (Å²) in [5, 5.41) is 3.59. The SMILES string of the molecule is COc1cc(OC)c(NC(=O)CSc2nc3ccccc3n2S(=O)(=O)c2ccc(Cl)cc2)cc1Cl. The van der Waals surface area contributed by atoms with Crippen LogP contribution in [0.25, 0.3) is 11.0 Å². The third-order valence-corrected chi connectivity index (χ3v) is 8.24. The number of anilines is 1. The second-order valence-corrected chi connectivity index (χ2v) is 10.7. The smallest absolute Gasteiger partial charge is 0.270 e. The Kier molecular flexibility index (Phi) is 7.46. The molecule has 1 N–H and O–H groups in total. The second-order valence-electron chi connectivity index (χ2n) is 7.13. The number of benzene rings is 3. The van der Waals surface area contributed by atoms with E-state index in [0.29, 0.717) is 38.3 Å². The lowest BCUT2D eigenvalue weighted by Gasteiger charge is -2.13. The van der Waals surface area contributed by atoms with E-state index >= 15 is 0 Å². The van der Waals surface area contributed by atoms with E-state index in [4.69, 9.17) is 32.7 Å². The van der Waals surface area contributed by atoms with Crippen LogP contribution in [-0.2, 0) is 14.8 Å². The summed E-state index contributed by atoms with van der Waals surface area (Å²) < 4.78 is 38.6. The van der Waals surface area contributed by atoms with Crippen LogP contribution in [0.1, 0.15) is 0 Å². The number of aromatic nitrogens is 2. The Morgan fingerprint density at radius 3 is 2.40 bits per heavy atom. The average Bonchev–Trinajstić information content (AvgIpc) is 3.22. The first kappa shape index (κ1) is 25.2. The molecule has 0 saturated carbocycles. The molecule has 0 radical (unpaired) electrons. The second kappa shape index (κ2) is 10.4. The van der Waals surface area contributed by atoms with Gasteiger partial charge in [-0.3, -0.25) is 4.79 Å². The van der Waals surface area contributed by atoms with Gasteiger partial charge in [-0.1, -0.05) is 47.1 Å². The van der Waals surface area contributed by atoms with Crippen LogP contribution in [0.2, 0.25) is 10.0 Å². The zero-order valence-electron chi connectivity index (χ0n) is 18.5. The number of para-hydroxylation sites is 2. The van der Waals surface area contributed by atoms with E-state index in [1.54, 1.807) is 30.3 Å². The Morgan fingerprint density at radius 2 is 1.71 bits per heavy atom. The highest BCUT2D eigenvalue weighted by Gasteiger charge is 2.25. The van der Waals surface area contributed by atoms with E-state index in [1.807, 2.05) is 0 Å². The fraction of sp³-hybridized carbons (Fsp3) is 0.130. The van der Waals surface area contributed by atoms with Gasteiger partial charge in [-0.05, 0) is 42.5 Å². The van der Waals surface area contributed by atoms with Crippen LogP contribution >= 0.6 is 35.0 Å². The highest BCUT2D eigenvalue weighted by Crippen LogP contribution is 2.36. The number of nitrogens with one attached hydrogen (secondary N) is 1. The number of halogens is 2. The molecule has 0 aliphatic heterocycles. The first-order valence-corrected chi connectivity index (χ1v) is 13.3. The maximum atomic E-state index is 13.5. The maximum Gasteiger partial charge on any atom is 0.270 e. The minimum atomic E-state index is -4.01. The molecule has 12 heteroatoms. The van der Waals surface area contributed by atoms with Crippen LogP contribution in [0.4, 0.5) is 5.69 Å². The molecule has 0 fully saturated rings. The Morgan fingerprint density at radius 1 is 1.03 bits per heavy atom. The molecule has 0 saturated heterocycles. The summed E-state index contributed by atoms with van der Waals surface area (Å²) in [7, 11) is -1.08. The van der Waals surface area contributed by atoms with Gasteiger partial charge in [0.15, 0.2) is 5.16 Å². The number of ether oxygens (including phenoxy) is 2. The Labute approximate surface area is 216 Å². The van der Waals surface area contributed by atoms with Gasteiger partial charge in [0.1, 0.15) is 11.5 Å². The van der Waals surface area contributed by atoms with Crippen LogP contribution < -0.4 is 14.8 Å². The fourth-order valence-corrected chi connectivity index (χ4v) is 6.17. The molecule has 0 spiro atoms. The van der Waals surface area contributed by atoms with E-state index in [0.717, 1.165) is 15.7 Å². The Balaban J connectivity index is 1.63. The van der Waals surface area contributed by atoms with Gasteiger partial charge in [0.2, 0.25) is 5.91 Å². The van der Waals surface area contributed by atoms with Crippen molar-refractivity contribution in [2.24, 2.45) is 0 Å². The van der Waals surface area contributed by atoms with Crippen molar-refractivity contribution in [1.82, 2.24) is 8.96 Å². The number of thioether (sulfide) groups is 1. The number of hydrogen-bond donors (Lipinski definition) is 1. The van der Waals surface area contributed by atoms with E-state index in [-0.39, 0.29) is 15.8 Å². The van der Waals surface area contributed by atoms with Gasteiger partial charge < -0.3 is 14.8 Å². The molecule has 4 aromatic rings. The van der Waals surface area contributed by atoms with Crippen LogP contribution in [0.5, 0.6) is 11.5 Å². The van der Waals surface area contributed by atoms with Crippen molar-refractivity contribution < 1.29 is 22.7 Å². The predicted molar refractivity (Wildman–Crippen MR) is 138 cm³/mol. The van der Waals surface area contributed by atoms with E-state index in [1.165, 1.54) is 44.6 Å². The largest absolute Gasteiger partial charge is 0.495 e. The molecule has 1 aromatic heterocycles. The molecule has 1 amide bonds. The van der Waals surface area contributed by atoms with Crippen molar-refractivity contribution >= 4 is 67.6 Å². The predicted octanol–water partition coefficient (Wildman–Crippen LogP) is 5.33. The standard InChI is InChI=1S/C23H19Cl2N3O5S2/c1-32-20-12-21(33-2)18(11-16(20)25)26-22(29)13-34-23-27-17-5-3-4-6-19(17)28(23)35(30,31)15-9-7-14(24)8-10-15/h3-12H,13H2,1-2H3,(H,26,29). The summed E-state index contributed by atoms with van der Waals surface area (Å²) in [4.78, 5) is 17.2. The number of fused-ring (bicyclic) bond motifs is 1. The van der Waals surface area contributed by atoms with Gasteiger partial charge in [0.05, 0.1) is 46.6 Å². The summed E-state index contributed by atoms with van der Waals surface area (Å²) in [5.41, 5.74) is 1.23. The zero-order valence-corrected chi connectivity index (χ0v) is 21.6. The van der Waals surface area contributed by atoms with Crippen LogP contribution in [0.3, 0.4) is 0 Å². The number of amides is 1. The number of carbonyl (C=O) groups excluding carboxylic acids is 1. The topological polar surface area (TPSA) is 99.5 Å². The Bertz CT molecular complexity index is 1510. The van der Waals surface area contributed by atoms with Crippen molar-refractivity contribution in [3.8, 4) is 11.5 Å². The maximum absolute atomic E-state index is 13.5. The molecule has 0 atom stereocenters. The van der Waals surface area contributed by atoms with Gasteiger partial charge in [0.25, 0.3) is 10.0 Å². The number of hydrogen-bond acceptors (Lipinski definition) is 7. The fourth-order valence-electron chi connectivity index (χ4n) is 3.29. The number of nitrogens with zero attached hydrogens (tertiary/aromatic N) is 2. The normalized spacial score (nSPS) is 11.4. The van der Waals surface area contributed by atoms with E-state index in [9.17, 15) is 13.2 Å². The molecule has 8 nitrogen and oxygen atoms in total. The van der Waals surface area contributed by atoms with Gasteiger partial charge in [-0.15, -0.1) is 0 Å². The summed E-state index contributed by atoms with van der Waals surface area (Å²) in [6.45, 7) is 0. The summed E-state index contributed by atoms with van der Waals surface area (Å²) in [6, 6.07) is 15.8. The number of carbonyl (C=O) groups is 1. The first-order valence-electron chi connectivity index (χ1n) is 10.1. The molecule has 0 unspecified atom stereocenters. The van der Waals surface area contributed by atoms with Gasteiger partial charge in [0, 0.05) is 11.1 Å². The summed E-state index contributed by atoms with van der Waals surface area (Å²) >= 11 is 13.1. The Hall–Kier alpha value is -2.92. The number of rotatable bonds is 8. The molecule has 4 rings (SSSR count). The lowest BCUT2D eigenvalue weighted by atomic mass is 10.2. The van der Waals surface area contributed by atoms with Crippen LogP contribution in [-0.4, -0.2) is 43.3 Å². The highest BCUT2D eigenvalue weighted by molar-refractivity contribution is 8.00. The third-order valence-electron chi connectivity index (χ3n) is 4.92. The van der Waals surface area contributed by atoms with Crippen molar-refractivity contribution in [3.05, 3.63) is 70.7 Å². The average molecular weight is 552 g/mol. The monoisotopic (exact) mass is 551 g/mol. The molecule has 0 aliphatic carbocycles. The van der Waals surface area contributed by atoms with Crippen molar-refractivity contribution in [2.45, 2.75) is 10.1 Å². The molecule has 35 heavy (non-hydrogen) atoms. The van der Waals surface area contributed by atoms with E-state index < -0.39 is 15.9 Å². The van der Waals surface area contributed by atoms with Crippen molar-refractivity contribution in [2.75, 3.05) is 25.3 Å². The quantitative estimate of drug-likeness (QED) is 0.295. The highest BCUT2D eigenvalue weighted by atomic mass is 35.5. The lowest BCUT2D eigenvalue weighted by molar-refractivity contribution is -0.113. The van der Waals surface area contributed by atoms with E-state index in [2.05, 4.69) is 10.3 Å². The van der Waals surface area contributed by atoms with Crippen molar-refractivity contribution in [3.63, 3.8) is 0 Å². The molecule has 0 bridgehead atoms. The molecular weight excluding hydrogens is 533 g/mol. The van der Waals surface area contributed by atoms with Crippen LogP contribution in [0, 0.1) is 0 Å². The van der Waals surface area contributed by atoms with Crippen LogP contribution in [0.15, 0.2) is 70.7 Å².